The normalized spacial score (nSPS) is 12.8. The first-order chi connectivity index (χ1) is 9.54. The van der Waals surface area contributed by atoms with E-state index < -0.39 is 6.10 Å². The van der Waals surface area contributed by atoms with Crippen molar-refractivity contribution >= 4 is 5.69 Å². The Kier molecular flexibility index (Phi) is 6.96. The summed E-state index contributed by atoms with van der Waals surface area (Å²) in [5.41, 5.74) is 1.18. The summed E-state index contributed by atoms with van der Waals surface area (Å²) < 4.78 is 19.5. The Morgan fingerprint density at radius 3 is 2.40 bits per heavy atom. The van der Waals surface area contributed by atoms with Crippen molar-refractivity contribution in [1.82, 2.24) is 0 Å². The van der Waals surface area contributed by atoms with E-state index in [1.807, 2.05) is 0 Å². The van der Waals surface area contributed by atoms with Crippen molar-refractivity contribution in [2.45, 2.75) is 45.8 Å². The van der Waals surface area contributed by atoms with Crippen molar-refractivity contribution in [2.24, 2.45) is 0 Å². The van der Waals surface area contributed by atoms with Crippen LogP contribution in [0.2, 0.25) is 0 Å². The number of ether oxygens (including phenoxy) is 1. The molecule has 0 unspecified atom stereocenters. The monoisotopic (exact) mass is 283 g/mol. The van der Waals surface area contributed by atoms with Crippen LogP contribution in [0.25, 0.3) is 0 Å². The van der Waals surface area contributed by atoms with Crippen molar-refractivity contribution in [1.29, 1.82) is 0 Å². The Labute approximate surface area is 121 Å². The van der Waals surface area contributed by atoms with Crippen LogP contribution < -0.4 is 4.90 Å². The van der Waals surface area contributed by atoms with Gasteiger partial charge in [0.05, 0.1) is 18.4 Å². The van der Waals surface area contributed by atoms with Gasteiger partial charge in [-0.05, 0) is 37.5 Å². The molecule has 0 spiro atoms. The molecule has 0 saturated carbocycles. The average molecular weight is 283 g/mol. The summed E-state index contributed by atoms with van der Waals surface area (Å²) in [5.74, 6) is -0.286. The first-order valence-corrected chi connectivity index (χ1v) is 7.28. The number of nitrogens with zero attached hydrogens (tertiary/aromatic N) is 1. The van der Waals surface area contributed by atoms with E-state index in [9.17, 15) is 9.50 Å². The van der Waals surface area contributed by atoms with Gasteiger partial charge in [0.15, 0.2) is 0 Å². The summed E-state index contributed by atoms with van der Waals surface area (Å²) in [7, 11) is 1.65. The number of anilines is 1. The van der Waals surface area contributed by atoms with Gasteiger partial charge in [0.25, 0.3) is 0 Å². The van der Waals surface area contributed by atoms with Crippen molar-refractivity contribution in [3.63, 3.8) is 0 Å². The van der Waals surface area contributed by atoms with E-state index in [1.54, 1.807) is 26.2 Å². The second-order valence-corrected chi connectivity index (χ2v) is 5.04. The Balaban J connectivity index is 3.06. The minimum atomic E-state index is -0.654. The minimum Gasteiger partial charge on any atom is -0.389 e. The lowest BCUT2D eigenvalue weighted by molar-refractivity contribution is 0.198. The summed E-state index contributed by atoms with van der Waals surface area (Å²) in [6, 6.07) is 5.25. The zero-order valence-electron chi connectivity index (χ0n) is 12.9. The molecular weight excluding hydrogens is 257 g/mol. The molecule has 0 aromatic heterocycles. The van der Waals surface area contributed by atoms with E-state index in [4.69, 9.17) is 4.74 Å². The van der Waals surface area contributed by atoms with E-state index in [1.165, 1.54) is 6.07 Å². The molecule has 3 nitrogen and oxygen atoms in total. The van der Waals surface area contributed by atoms with E-state index in [2.05, 4.69) is 18.7 Å². The van der Waals surface area contributed by atoms with Crippen LogP contribution >= 0.6 is 0 Å². The maximum Gasteiger partial charge on any atom is 0.146 e. The fourth-order valence-electron chi connectivity index (χ4n) is 2.43. The van der Waals surface area contributed by atoms with Crippen molar-refractivity contribution in [2.75, 3.05) is 25.2 Å². The Hall–Kier alpha value is -1.13. The average Bonchev–Trinajstić information content (AvgIpc) is 2.43. The Bertz CT molecular complexity index is 405. The van der Waals surface area contributed by atoms with Gasteiger partial charge < -0.3 is 14.7 Å². The van der Waals surface area contributed by atoms with Crippen LogP contribution in [0.15, 0.2) is 18.2 Å². The smallest absolute Gasteiger partial charge is 0.146 e. The second kappa shape index (κ2) is 8.22. The minimum absolute atomic E-state index is 0.286. The molecule has 1 atom stereocenters. The predicted octanol–water partition coefficient (Wildman–Crippen LogP) is 3.52. The van der Waals surface area contributed by atoms with Crippen LogP contribution in [0.1, 0.15) is 45.3 Å². The quantitative estimate of drug-likeness (QED) is 0.792. The van der Waals surface area contributed by atoms with Gasteiger partial charge in [-0.2, -0.15) is 0 Å². The lowest BCUT2D eigenvalue weighted by Crippen LogP contribution is -2.37. The number of methoxy groups -OCH3 is 1. The fraction of sp³-hybridized carbons (Fsp3) is 0.625. The van der Waals surface area contributed by atoms with Crippen LogP contribution in [0, 0.1) is 5.82 Å². The van der Waals surface area contributed by atoms with Gasteiger partial charge in [0.1, 0.15) is 5.82 Å². The molecule has 0 saturated heterocycles. The van der Waals surface area contributed by atoms with Crippen LogP contribution in [-0.2, 0) is 4.74 Å². The van der Waals surface area contributed by atoms with E-state index in [0.717, 1.165) is 12.8 Å². The Morgan fingerprint density at radius 2 is 1.95 bits per heavy atom. The third-order valence-corrected chi connectivity index (χ3v) is 3.68. The van der Waals surface area contributed by atoms with Gasteiger partial charge in [-0.3, -0.25) is 0 Å². The molecule has 1 N–H and O–H groups in total. The molecule has 0 fully saturated rings. The molecular formula is C16H26FNO2. The molecule has 0 heterocycles. The summed E-state index contributed by atoms with van der Waals surface area (Å²) in [4.78, 5) is 2.06. The third-order valence-electron chi connectivity index (χ3n) is 3.68. The van der Waals surface area contributed by atoms with E-state index in [0.29, 0.717) is 24.4 Å². The maximum absolute atomic E-state index is 14.3. The number of rotatable bonds is 8. The summed E-state index contributed by atoms with van der Waals surface area (Å²) >= 11 is 0. The highest BCUT2D eigenvalue weighted by Gasteiger charge is 2.19. The molecule has 0 amide bonds. The SMILES string of the molecule is CCC(CC)N(CCOC)c1ccc([C@@H](C)O)cc1F. The zero-order chi connectivity index (χ0) is 15.1. The molecule has 1 rings (SSSR count). The van der Waals surface area contributed by atoms with E-state index >= 15 is 0 Å². The molecule has 0 aliphatic carbocycles. The summed E-state index contributed by atoms with van der Waals surface area (Å²) in [5, 5.41) is 9.52. The molecule has 1 aromatic rings. The van der Waals surface area contributed by atoms with Crippen molar-refractivity contribution in [3.05, 3.63) is 29.6 Å². The van der Waals surface area contributed by atoms with Crippen LogP contribution in [0.4, 0.5) is 10.1 Å². The molecule has 0 radical (unpaired) electrons. The van der Waals surface area contributed by atoms with Gasteiger partial charge >= 0.3 is 0 Å². The first-order valence-electron chi connectivity index (χ1n) is 7.28. The number of aliphatic hydroxyl groups is 1. The molecule has 0 aliphatic rings. The number of aliphatic hydroxyl groups excluding tert-OH is 1. The standard InChI is InChI=1S/C16H26FNO2/c1-5-14(6-2)18(9-10-20-4)16-8-7-13(12(3)19)11-15(16)17/h7-8,11-12,14,19H,5-6,9-10H2,1-4H3/t12-/m1/s1. The second-order valence-electron chi connectivity index (χ2n) is 5.04. The molecule has 0 aliphatic heterocycles. The lowest BCUT2D eigenvalue weighted by atomic mass is 10.1. The van der Waals surface area contributed by atoms with Gasteiger partial charge in [-0.25, -0.2) is 4.39 Å². The lowest BCUT2D eigenvalue weighted by Gasteiger charge is -2.33. The van der Waals surface area contributed by atoms with Gasteiger partial charge in [-0.15, -0.1) is 0 Å². The zero-order valence-corrected chi connectivity index (χ0v) is 12.9. The molecule has 1 aromatic carbocycles. The molecule has 114 valence electrons. The highest BCUT2D eigenvalue weighted by molar-refractivity contribution is 5.50. The van der Waals surface area contributed by atoms with Gasteiger partial charge in [-0.1, -0.05) is 19.9 Å². The third kappa shape index (κ3) is 4.18. The van der Waals surface area contributed by atoms with Crippen molar-refractivity contribution < 1.29 is 14.2 Å². The number of benzene rings is 1. The Morgan fingerprint density at radius 1 is 1.30 bits per heavy atom. The largest absolute Gasteiger partial charge is 0.389 e. The number of hydrogen-bond acceptors (Lipinski definition) is 3. The maximum atomic E-state index is 14.3. The van der Waals surface area contributed by atoms with Crippen molar-refractivity contribution in [3.8, 4) is 0 Å². The topological polar surface area (TPSA) is 32.7 Å². The molecule has 20 heavy (non-hydrogen) atoms. The van der Waals surface area contributed by atoms with E-state index in [-0.39, 0.29) is 11.9 Å². The highest BCUT2D eigenvalue weighted by atomic mass is 19.1. The van der Waals surface area contributed by atoms with Crippen LogP contribution in [0.5, 0.6) is 0 Å². The highest BCUT2D eigenvalue weighted by Crippen LogP contribution is 2.26. The fourth-order valence-corrected chi connectivity index (χ4v) is 2.43. The number of halogens is 1. The predicted molar refractivity (Wildman–Crippen MR) is 80.6 cm³/mol. The number of hydrogen-bond donors (Lipinski definition) is 1. The van der Waals surface area contributed by atoms with Crippen LogP contribution in [0.3, 0.4) is 0 Å². The summed E-state index contributed by atoms with van der Waals surface area (Å²) in [6.07, 6.45) is 1.26. The molecule has 0 bridgehead atoms. The van der Waals surface area contributed by atoms with Gasteiger partial charge in [0, 0.05) is 19.7 Å². The van der Waals surface area contributed by atoms with Crippen LogP contribution in [-0.4, -0.2) is 31.4 Å². The first kappa shape index (κ1) is 16.9. The summed E-state index contributed by atoms with van der Waals surface area (Å²) in [6.45, 7) is 7.08. The van der Waals surface area contributed by atoms with Gasteiger partial charge in [0.2, 0.25) is 0 Å². The molecule has 4 heteroatoms.